The molecule has 0 bridgehead atoms. The van der Waals surface area contributed by atoms with Crippen LogP contribution in [0, 0.1) is 6.92 Å². The van der Waals surface area contributed by atoms with Crippen LogP contribution in [0.15, 0.2) is 0 Å². The van der Waals surface area contributed by atoms with Gasteiger partial charge in [-0.3, -0.25) is 0 Å². The van der Waals surface area contributed by atoms with Crippen molar-refractivity contribution in [2.24, 2.45) is 0 Å². The van der Waals surface area contributed by atoms with Crippen molar-refractivity contribution in [3.63, 3.8) is 0 Å². The summed E-state index contributed by atoms with van der Waals surface area (Å²) in [6.07, 6.45) is 0. The second-order valence-electron chi connectivity index (χ2n) is 5.45. The number of rotatable bonds is 4. The lowest BCUT2D eigenvalue weighted by Crippen LogP contribution is -2.26. The largest absolute Gasteiger partial charge is 0.383 e. The summed E-state index contributed by atoms with van der Waals surface area (Å²) in [6, 6.07) is 0. The Kier molecular flexibility index (Phi) is 4.93. The molecule has 0 atom stereocenters. The molecule has 5 heteroatoms. The third-order valence-electron chi connectivity index (χ3n) is 2.72. The zero-order chi connectivity index (χ0) is 13.9. The molecule has 1 rings (SSSR count). The minimum Gasteiger partial charge on any atom is -0.383 e. The molecule has 0 aliphatic rings. The molecule has 0 saturated heterocycles. The van der Waals surface area contributed by atoms with E-state index in [9.17, 15) is 0 Å². The summed E-state index contributed by atoms with van der Waals surface area (Å²) in [7, 11) is 3.67. The maximum atomic E-state index is 6.19. The summed E-state index contributed by atoms with van der Waals surface area (Å²) in [6.45, 7) is 9.59. The standard InChI is InChI=1S/C13H22ClN3O/c1-9-10(14)15-12(13(2,3)4)16-11(9)17(5)7-8-18-6/h7-8H2,1-6H3. The monoisotopic (exact) mass is 271 g/mol. The first-order valence-electron chi connectivity index (χ1n) is 6.02. The molecule has 0 spiro atoms. The number of anilines is 1. The molecular formula is C13H22ClN3O. The van der Waals surface area contributed by atoms with E-state index in [1.54, 1.807) is 7.11 Å². The lowest BCUT2D eigenvalue weighted by atomic mass is 9.95. The lowest BCUT2D eigenvalue weighted by molar-refractivity contribution is 0.206. The number of nitrogens with zero attached hydrogens (tertiary/aromatic N) is 3. The average Bonchev–Trinajstić information content (AvgIpc) is 2.27. The van der Waals surface area contributed by atoms with E-state index in [4.69, 9.17) is 16.3 Å². The fourth-order valence-corrected chi connectivity index (χ4v) is 1.68. The molecule has 0 aliphatic heterocycles. The highest BCUT2D eigenvalue weighted by molar-refractivity contribution is 6.30. The Morgan fingerprint density at radius 3 is 2.39 bits per heavy atom. The Labute approximate surface area is 114 Å². The first-order chi connectivity index (χ1) is 8.27. The Balaban J connectivity index is 3.14. The Morgan fingerprint density at radius 1 is 1.28 bits per heavy atom. The van der Waals surface area contributed by atoms with Crippen LogP contribution in [0.5, 0.6) is 0 Å². The van der Waals surface area contributed by atoms with Gasteiger partial charge in [-0.15, -0.1) is 0 Å². The van der Waals surface area contributed by atoms with Crippen molar-refractivity contribution < 1.29 is 4.74 Å². The van der Waals surface area contributed by atoms with Gasteiger partial charge in [-0.2, -0.15) is 0 Å². The highest BCUT2D eigenvalue weighted by Crippen LogP contribution is 2.27. The van der Waals surface area contributed by atoms with E-state index in [1.165, 1.54) is 0 Å². The maximum Gasteiger partial charge on any atom is 0.137 e. The van der Waals surface area contributed by atoms with E-state index in [0.717, 1.165) is 23.8 Å². The van der Waals surface area contributed by atoms with Crippen molar-refractivity contribution in [2.75, 3.05) is 32.2 Å². The number of halogens is 1. The van der Waals surface area contributed by atoms with Crippen LogP contribution in [0.25, 0.3) is 0 Å². The van der Waals surface area contributed by atoms with E-state index in [-0.39, 0.29) is 5.41 Å². The lowest BCUT2D eigenvalue weighted by Gasteiger charge is -2.24. The quantitative estimate of drug-likeness (QED) is 0.790. The number of likely N-dealkylation sites (N-methyl/N-ethyl adjacent to an activating group) is 1. The maximum absolute atomic E-state index is 6.19. The predicted molar refractivity (Wildman–Crippen MR) is 75.6 cm³/mol. The summed E-state index contributed by atoms with van der Waals surface area (Å²) in [5.41, 5.74) is 0.789. The van der Waals surface area contributed by atoms with Crippen molar-refractivity contribution in [3.8, 4) is 0 Å². The van der Waals surface area contributed by atoms with Crippen LogP contribution in [-0.4, -0.2) is 37.3 Å². The van der Waals surface area contributed by atoms with Gasteiger partial charge in [0.2, 0.25) is 0 Å². The molecule has 0 unspecified atom stereocenters. The number of aromatic nitrogens is 2. The second kappa shape index (κ2) is 5.85. The molecule has 102 valence electrons. The van der Waals surface area contributed by atoms with Gasteiger partial charge in [0, 0.05) is 31.7 Å². The van der Waals surface area contributed by atoms with E-state index < -0.39 is 0 Å². The SMILES string of the molecule is COCCN(C)c1nc(C(C)(C)C)nc(Cl)c1C. The van der Waals surface area contributed by atoms with E-state index in [2.05, 4.69) is 30.7 Å². The van der Waals surface area contributed by atoms with Gasteiger partial charge >= 0.3 is 0 Å². The molecule has 1 aromatic heterocycles. The summed E-state index contributed by atoms with van der Waals surface area (Å²) < 4.78 is 5.08. The Bertz CT molecular complexity index is 415. The topological polar surface area (TPSA) is 38.2 Å². The molecule has 0 aromatic carbocycles. The van der Waals surface area contributed by atoms with Crippen LogP contribution in [0.4, 0.5) is 5.82 Å². The normalized spacial score (nSPS) is 11.7. The van der Waals surface area contributed by atoms with Crippen LogP contribution >= 0.6 is 11.6 Å². The molecular weight excluding hydrogens is 250 g/mol. The van der Waals surface area contributed by atoms with Gasteiger partial charge < -0.3 is 9.64 Å². The number of methoxy groups -OCH3 is 1. The Morgan fingerprint density at radius 2 is 1.89 bits per heavy atom. The van der Waals surface area contributed by atoms with Crippen molar-refractivity contribution >= 4 is 17.4 Å². The van der Waals surface area contributed by atoms with Gasteiger partial charge in [-0.05, 0) is 6.92 Å². The fraction of sp³-hybridized carbons (Fsp3) is 0.692. The molecule has 0 saturated carbocycles. The summed E-state index contributed by atoms with van der Waals surface area (Å²) in [4.78, 5) is 11.0. The summed E-state index contributed by atoms with van der Waals surface area (Å²) in [5.74, 6) is 1.63. The van der Waals surface area contributed by atoms with Gasteiger partial charge in [-0.1, -0.05) is 32.4 Å². The first-order valence-corrected chi connectivity index (χ1v) is 6.40. The minimum absolute atomic E-state index is 0.117. The molecule has 0 aliphatic carbocycles. The molecule has 4 nitrogen and oxygen atoms in total. The molecule has 0 N–H and O–H groups in total. The third-order valence-corrected chi connectivity index (χ3v) is 3.09. The summed E-state index contributed by atoms with van der Waals surface area (Å²) >= 11 is 6.19. The van der Waals surface area contributed by atoms with Crippen LogP contribution in [-0.2, 0) is 10.2 Å². The van der Waals surface area contributed by atoms with Gasteiger partial charge in [-0.25, -0.2) is 9.97 Å². The number of hydrogen-bond donors (Lipinski definition) is 0. The molecule has 1 aromatic rings. The highest BCUT2D eigenvalue weighted by atomic mass is 35.5. The van der Waals surface area contributed by atoms with Crippen molar-refractivity contribution in [1.29, 1.82) is 0 Å². The summed E-state index contributed by atoms with van der Waals surface area (Å²) in [5, 5.41) is 0.522. The zero-order valence-electron chi connectivity index (χ0n) is 12.0. The third kappa shape index (κ3) is 3.56. The van der Waals surface area contributed by atoms with Crippen LogP contribution in [0.2, 0.25) is 5.15 Å². The van der Waals surface area contributed by atoms with Crippen LogP contribution < -0.4 is 4.90 Å². The van der Waals surface area contributed by atoms with Gasteiger partial charge in [0.1, 0.15) is 16.8 Å². The fourth-order valence-electron chi connectivity index (χ4n) is 1.52. The average molecular weight is 272 g/mol. The van der Waals surface area contributed by atoms with Crippen LogP contribution in [0.1, 0.15) is 32.2 Å². The molecule has 0 fully saturated rings. The minimum atomic E-state index is -0.117. The van der Waals surface area contributed by atoms with Gasteiger partial charge in [0.25, 0.3) is 0 Å². The molecule has 0 amide bonds. The first kappa shape index (κ1) is 15.2. The van der Waals surface area contributed by atoms with E-state index >= 15 is 0 Å². The van der Waals surface area contributed by atoms with Crippen molar-refractivity contribution in [1.82, 2.24) is 9.97 Å². The molecule has 1 heterocycles. The molecule has 18 heavy (non-hydrogen) atoms. The van der Waals surface area contributed by atoms with Gasteiger partial charge in [0.05, 0.1) is 6.61 Å². The zero-order valence-corrected chi connectivity index (χ0v) is 12.8. The Hall–Kier alpha value is -0.870. The molecule has 0 radical (unpaired) electrons. The van der Waals surface area contributed by atoms with Crippen LogP contribution in [0.3, 0.4) is 0 Å². The van der Waals surface area contributed by atoms with Crippen molar-refractivity contribution in [3.05, 3.63) is 16.5 Å². The number of ether oxygens (including phenoxy) is 1. The van der Waals surface area contributed by atoms with E-state index in [0.29, 0.717) is 11.8 Å². The highest BCUT2D eigenvalue weighted by Gasteiger charge is 2.21. The van der Waals surface area contributed by atoms with Crippen molar-refractivity contribution in [2.45, 2.75) is 33.1 Å². The second-order valence-corrected chi connectivity index (χ2v) is 5.81. The number of hydrogen-bond acceptors (Lipinski definition) is 4. The smallest absolute Gasteiger partial charge is 0.137 e. The van der Waals surface area contributed by atoms with E-state index in [1.807, 2.05) is 18.9 Å². The predicted octanol–water partition coefficient (Wildman–Crippen LogP) is 2.82. The van der Waals surface area contributed by atoms with Gasteiger partial charge in [0.15, 0.2) is 0 Å².